The summed E-state index contributed by atoms with van der Waals surface area (Å²) in [6.07, 6.45) is 3.94. The summed E-state index contributed by atoms with van der Waals surface area (Å²) in [4.78, 5) is 0. The van der Waals surface area contributed by atoms with E-state index in [1.165, 1.54) is 24.0 Å². The molecule has 1 heteroatoms. The van der Waals surface area contributed by atoms with Crippen LogP contribution in [0.5, 0.6) is 5.75 Å². The van der Waals surface area contributed by atoms with Crippen LogP contribution in [0.2, 0.25) is 0 Å². The SMILES string of the molecule is CCC(C)c1cccc([C@@H](C)C2CC2)c1OC. The molecule has 0 amide bonds. The first-order valence-corrected chi connectivity index (χ1v) is 6.85. The third-order valence-electron chi connectivity index (χ3n) is 4.24. The van der Waals surface area contributed by atoms with Gasteiger partial charge in [0, 0.05) is 0 Å². The fourth-order valence-corrected chi connectivity index (χ4v) is 2.63. The fourth-order valence-electron chi connectivity index (χ4n) is 2.63. The molecule has 0 aromatic heterocycles. The first-order valence-electron chi connectivity index (χ1n) is 6.85. The third kappa shape index (κ3) is 2.48. The van der Waals surface area contributed by atoms with Gasteiger partial charge < -0.3 is 4.74 Å². The van der Waals surface area contributed by atoms with E-state index >= 15 is 0 Å². The molecule has 1 saturated carbocycles. The van der Waals surface area contributed by atoms with Crippen LogP contribution in [-0.4, -0.2) is 7.11 Å². The van der Waals surface area contributed by atoms with Gasteiger partial charge in [0.2, 0.25) is 0 Å². The zero-order valence-corrected chi connectivity index (χ0v) is 11.5. The minimum absolute atomic E-state index is 0.580. The highest BCUT2D eigenvalue weighted by Crippen LogP contribution is 2.46. The maximum atomic E-state index is 5.70. The zero-order chi connectivity index (χ0) is 12.4. The number of ether oxygens (including phenoxy) is 1. The average molecular weight is 232 g/mol. The quantitative estimate of drug-likeness (QED) is 0.713. The van der Waals surface area contributed by atoms with Gasteiger partial charge in [0.25, 0.3) is 0 Å². The summed E-state index contributed by atoms with van der Waals surface area (Å²) in [7, 11) is 1.81. The van der Waals surface area contributed by atoms with Crippen LogP contribution in [0.3, 0.4) is 0 Å². The lowest BCUT2D eigenvalue weighted by Gasteiger charge is -2.21. The average Bonchev–Trinajstić information content (AvgIpc) is 3.20. The Morgan fingerprint density at radius 1 is 1.24 bits per heavy atom. The van der Waals surface area contributed by atoms with E-state index in [9.17, 15) is 0 Å². The van der Waals surface area contributed by atoms with Crippen LogP contribution in [0.4, 0.5) is 0 Å². The lowest BCUT2D eigenvalue weighted by Crippen LogP contribution is -2.04. The number of methoxy groups -OCH3 is 1. The molecule has 0 aliphatic heterocycles. The lowest BCUT2D eigenvalue weighted by molar-refractivity contribution is 0.395. The van der Waals surface area contributed by atoms with Gasteiger partial charge in [0.15, 0.2) is 0 Å². The smallest absolute Gasteiger partial charge is 0.125 e. The number of hydrogen-bond acceptors (Lipinski definition) is 1. The minimum atomic E-state index is 0.580. The van der Waals surface area contributed by atoms with Crippen molar-refractivity contribution in [1.29, 1.82) is 0 Å². The monoisotopic (exact) mass is 232 g/mol. The van der Waals surface area contributed by atoms with Crippen molar-refractivity contribution in [3.63, 3.8) is 0 Å². The predicted octanol–water partition coefficient (Wildman–Crippen LogP) is 4.72. The van der Waals surface area contributed by atoms with E-state index in [0.29, 0.717) is 11.8 Å². The third-order valence-corrected chi connectivity index (χ3v) is 4.24. The first-order chi connectivity index (χ1) is 8.19. The second kappa shape index (κ2) is 5.12. The Hall–Kier alpha value is -0.980. The molecule has 1 nitrogen and oxygen atoms in total. The van der Waals surface area contributed by atoms with E-state index in [2.05, 4.69) is 39.0 Å². The molecular weight excluding hydrogens is 208 g/mol. The van der Waals surface area contributed by atoms with Crippen molar-refractivity contribution < 1.29 is 4.74 Å². The Bertz CT molecular complexity index is 379. The molecular formula is C16H24O. The molecule has 0 saturated heterocycles. The van der Waals surface area contributed by atoms with Gasteiger partial charge in [-0.25, -0.2) is 0 Å². The highest BCUT2D eigenvalue weighted by Gasteiger charge is 2.31. The van der Waals surface area contributed by atoms with Gasteiger partial charge in [-0.15, -0.1) is 0 Å². The molecule has 0 spiro atoms. The molecule has 0 radical (unpaired) electrons. The molecule has 1 unspecified atom stereocenters. The molecule has 2 atom stereocenters. The predicted molar refractivity (Wildman–Crippen MR) is 72.8 cm³/mol. The summed E-state index contributed by atoms with van der Waals surface area (Å²) in [6, 6.07) is 6.65. The summed E-state index contributed by atoms with van der Waals surface area (Å²) in [5.41, 5.74) is 2.78. The van der Waals surface area contributed by atoms with Crippen molar-refractivity contribution in [2.75, 3.05) is 7.11 Å². The highest BCUT2D eigenvalue weighted by molar-refractivity contribution is 5.45. The van der Waals surface area contributed by atoms with Crippen molar-refractivity contribution in [2.45, 2.75) is 51.9 Å². The Kier molecular flexibility index (Phi) is 3.76. The van der Waals surface area contributed by atoms with Crippen LogP contribution in [-0.2, 0) is 0 Å². The van der Waals surface area contributed by atoms with E-state index in [-0.39, 0.29) is 0 Å². The van der Waals surface area contributed by atoms with Crippen LogP contribution in [0, 0.1) is 5.92 Å². The molecule has 17 heavy (non-hydrogen) atoms. The van der Waals surface area contributed by atoms with Crippen LogP contribution in [0.25, 0.3) is 0 Å². The number of para-hydroxylation sites is 1. The van der Waals surface area contributed by atoms with Gasteiger partial charge in [0.05, 0.1) is 7.11 Å². The summed E-state index contributed by atoms with van der Waals surface area (Å²) >= 11 is 0. The highest BCUT2D eigenvalue weighted by atomic mass is 16.5. The molecule has 1 aliphatic rings. The first kappa shape index (κ1) is 12.5. The zero-order valence-electron chi connectivity index (χ0n) is 11.5. The van der Waals surface area contributed by atoms with Gasteiger partial charge in [-0.05, 0) is 48.1 Å². The van der Waals surface area contributed by atoms with Crippen LogP contribution in [0.15, 0.2) is 18.2 Å². The van der Waals surface area contributed by atoms with E-state index in [1.54, 1.807) is 0 Å². The van der Waals surface area contributed by atoms with Crippen molar-refractivity contribution in [2.24, 2.45) is 5.92 Å². The van der Waals surface area contributed by atoms with E-state index in [4.69, 9.17) is 4.74 Å². The van der Waals surface area contributed by atoms with E-state index < -0.39 is 0 Å². The second-order valence-corrected chi connectivity index (χ2v) is 5.41. The summed E-state index contributed by atoms with van der Waals surface area (Å²) in [5, 5.41) is 0. The maximum absolute atomic E-state index is 5.70. The summed E-state index contributed by atoms with van der Waals surface area (Å²) < 4.78 is 5.70. The molecule has 94 valence electrons. The van der Waals surface area contributed by atoms with E-state index in [0.717, 1.165) is 18.1 Å². The Morgan fingerprint density at radius 2 is 1.88 bits per heavy atom. The maximum Gasteiger partial charge on any atom is 0.125 e. The molecule has 1 aromatic carbocycles. The molecule has 1 aromatic rings. The molecule has 2 rings (SSSR count). The molecule has 0 heterocycles. The Labute approximate surface area is 105 Å². The van der Waals surface area contributed by atoms with Gasteiger partial charge in [-0.1, -0.05) is 39.0 Å². The number of rotatable bonds is 5. The van der Waals surface area contributed by atoms with Crippen molar-refractivity contribution >= 4 is 0 Å². The van der Waals surface area contributed by atoms with Crippen LogP contribution in [0.1, 0.15) is 63.0 Å². The standard InChI is InChI=1S/C16H24O/c1-5-11(2)14-7-6-8-15(16(14)17-4)12(3)13-9-10-13/h6-8,11-13H,5,9-10H2,1-4H3/t11?,12-/m0/s1. The van der Waals surface area contributed by atoms with Gasteiger partial charge >= 0.3 is 0 Å². The van der Waals surface area contributed by atoms with Crippen LogP contribution >= 0.6 is 0 Å². The van der Waals surface area contributed by atoms with E-state index in [1.807, 2.05) is 7.11 Å². The summed E-state index contributed by atoms with van der Waals surface area (Å²) in [6.45, 7) is 6.86. The Morgan fingerprint density at radius 3 is 2.41 bits per heavy atom. The van der Waals surface area contributed by atoms with Crippen LogP contribution < -0.4 is 4.74 Å². The molecule has 0 bridgehead atoms. The normalized spacial score (nSPS) is 18.8. The second-order valence-electron chi connectivity index (χ2n) is 5.41. The van der Waals surface area contributed by atoms with Crippen molar-refractivity contribution in [1.82, 2.24) is 0 Å². The molecule has 0 N–H and O–H groups in total. The molecule has 1 aliphatic carbocycles. The lowest BCUT2D eigenvalue weighted by atomic mass is 9.89. The molecule has 1 fully saturated rings. The van der Waals surface area contributed by atoms with Crippen molar-refractivity contribution in [3.8, 4) is 5.75 Å². The number of hydrogen-bond donors (Lipinski definition) is 0. The largest absolute Gasteiger partial charge is 0.496 e. The number of benzene rings is 1. The topological polar surface area (TPSA) is 9.23 Å². The Balaban J connectivity index is 2.37. The van der Waals surface area contributed by atoms with Crippen molar-refractivity contribution in [3.05, 3.63) is 29.3 Å². The van der Waals surface area contributed by atoms with Gasteiger partial charge in [-0.3, -0.25) is 0 Å². The van der Waals surface area contributed by atoms with Gasteiger partial charge in [-0.2, -0.15) is 0 Å². The fraction of sp³-hybridized carbons (Fsp3) is 0.625. The summed E-state index contributed by atoms with van der Waals surface area (Å²) in [5.74, 6) is 3.25. The van der Waals surface area contributed by atoms with Gasteiger partial charge in [0.1, 0.15) is 5.75 Å². The minimum Gasteiger partial charge on any atom is -0.496 e.